The van der Waals surface area contributed by atoms with Crippen LogP contribution in [0.15, 0.2) is 23.4 Å². The van der Waals surface area contributed by atoms with Crippen LogP contribution >= 0.6 is 12.2 Å². The molecule has 0 aromatic heterocycles. The molecule has 0 amide bonds. The Balaban J connectivity index is 2.10. The molecule has 1 N–H and O–H groups in total. The smallest absolute Gasteiger partial charge is 0.203 e. The Hall–Kier alpha value is -2.28. The maximum Gasteiger partial charge on any atom is 0.203 e. The van der Waals surface area contributed by atoms with E-state index in [-0.39, 0.29) is 11.8 Å². The van der Waals surface area contributed by atoms with Gasteiger partial charge in [-0.2, -0.15) is 0 Å². The quantitative estimate of drug-likeness (QED) is 0.748. The van der Waals surface area contributed by atoms with Crippen molar-refractivity contribution in [3.63, 3.8) is 0 Å². The SMILES string of the molecule is CCCOc1c(OC)cc(C2NC(=S)N(C)C3=C2C(=O)CCC3)cc1OC. The molecule has 146 valence electrons. The normalized spacial score (nSPS) is 19.6. The summed E-state index contributed by atoms with van der Waals surface area (Å²) < 4.78 is 16.9. The molecule has 1 aromatic carbocycles. The van der Waals surface area contributed by atoms with Gasteiger partial charge in [-0.05, 0) is 49.2 Å². The number of ether oxygens (including phenoxy) is 3. The lowest BCUT2D eigenvalue weighted by Crippen LogP contribution is -2.47. The number of hydrogen-bond acceptors (Lipinski definition) is 5. The molecule has 1 unspecified atom stereocenters. The number of carbonyl (C=O) groups is 1. The molecule has 7 heteroatoms. The summed E-state index contributed by atoms with van der Waals surface area (Å²) in [5.41, 5.74) is 2.65. The zero-order valence-electron chi connectivity index (χ0n) is 16.3. The van der Waals surface area contributed by atoms with E-state index in [0.29, 0.717) is 35.4 Å². The van der Waals surface area contributed by atoms with Crippen LogP contribution in [-0.2, 0) is 4.79 Å². The van der Waals surface area contributed by atoms with Gasteiger partial charge in [0, 0.05) is 24.7 Å². The summed E-state index contributed by atoms with van der Waals surface area (Å²) in [5.74, 6) is 1.89. The van der Waals surface area contributed by atoms with Gasteiger partial charge in [0.15, 0.2) is 22.4 Å². The average Bonchev–Trinajstić information content (AvgIpc) is 2.68. The van der Waals surface area contributed by atoms with Crippen LogP contribution in [-0.4, -0.2) is 43.7 Å². The molecule has 0 radical (unpaired) electrons. The van der Waals surface area contributed by atoms with Gasteiger partial charge in [-0.3, -0.25) is 4.79 Å². The topological polar surface area (TPSA) is 60.0 Å². The third-order valence-electron chi connectivity index (χ3n) is 4.96. The fourth-order valence-electron chi connectivity index (χ4n) is 3.60. The van der Waals surface area contributed by atoms with Crippen molar-refractivity contribution in [1.82, 2.24) is 10.2 Å². The van der Waals surface area contributed by atoms with E-state index >= 15 is 0 Å². The Kier molecular flexibility index (Phi) is 5.89. The minimum Gasteiger partial charge on any atom is -0.493 e. The largest absolute Gasteiger partial charge is 0.493 e. The molecular formula is C20H26N2O4S. The van der Waals surface area contributed by atoms with E-state index in [1.54, 1.807) is 14.2 Å². The average molecular weight is 391 g/mol. The van der Waals surface area contributed by atoms with Crippen molar-refractivity contribution in [2.24, 2.45) is 0 Å². The first-order chi connectivity index (χ1) is 13.0. The van der Waals surface area contributed by atoms with Gasteiger partial charge >= 0.3 is 0 Å². The highest BCUT2D eigenvalue weighted by Gasteiger charge is 2.36. The Labute approximate surface area is 165 Å². The summed E-state index contributed by atoms with van der Waals surface area (Å²) in [5, 5.41) is 3.91. The first-order valence-electron chi connectivity index (χ1n) is 9.21. The predicted molar refractivity (Wildman–Crippen MR) is 107 cm³/mol. The molecule has 0 bridgehead atoms. The second-order valence-corrected chi connectivity index (χ2v) is 7.07. The molecule has 1 atom stereocenters. The minimum absolute atomic E-state index is 0.160. The summed E-state index contributed by atoms with van der Waals surface area (Å²) >= 11 is 5.50. The molecular weight excluding hydrogens is 364 g/mol. The van der Waals surface area contributed by atoms with Crippen molar-refractivity contribution in [1.29, 1.82) is 0 Å². The van der Waals surface area contributed by atoms with Crippen LogP contribution in [0.1, 0.15) is 44.2 Å². The van der Waals surface area contributed by atoms with Gasteiger partial charge in [-0.15, -0.1) is 0 Å². The van der Waals surface area contributed by atoms with Crippen LogP contribution in [0.25, 0.3) is 0 Å². The van der Waals surface area contributed by atoms with E-state index in [9.17, 15) is 4.79 Å². The van der Waals surface area contributed by atoms with E-state index in [1.807, 2.05) is 31.0 Å². The van der Waals surface area contributed by atoms with Crippen LogP contribution in [0.5, 0.6) is 17.2 Å². The molecule has 1 aromatic rings. The van der Waals surface area contributed by atoms with E-state index in [4.69, 9.17) is 26.4 Å². The summed E-state index contributed by atoms with van der Waals surface area (Å²) in [7, 11) is 5.10. The van der Waals surface area contributed by atoms with Crippen LogP contribution in [0.4, 0.5) is 0 Å². The minimum atomic E-state index is -0.320. The molecule has 3 rings (SSSR count). The van der Waals surface area contributed by atoms with Crippen molar-refractivity contribution in [3.05, 3.63) is 29.0 Å². The highest BCUT2D eigenvalue weighted by molar-refractivity contribution is 7.80. The number of nitrogens with zero attached hydrogens (tertiary/aromatic N) is 1. The number of ketones is 1. The molecule has 27 heavy (non-hydrogen) atoms. The van der Waals surface area contributed by atoms with Crippen molar-refractivity contribution < 1.29 is 19.0 Å². The van der Waals surface area contributed by atoms with Crippen LogP contribution in [0, 0.1) is 0 Å². The number of nitrogens with one attached hydrogen (secondary N) is 1. The van der Waals surface area contributed by atoms with E-state index in [1.165, 1.54) is 0 Å². The summed E-state index contributed by atoms with van der Waals surface area (Å²) in [4.78, 5) is 14.6. The molecule has 1 aliphatic heterocycles. The molecule has 0 saturated heterocycles. The number of methoxy groups -OCH3 is 2. The molecule has 6 nitrogen and oxygen atoms in total. The van der Waals surface area contributed by atoms with Crippen LogP contribution in [0.3, 0.4) is 0 Å². The molecule has 0 saturated carbocycles. The van der Waals surface area contributed by atoms with E-state index < -0.39 is 0 Å². The highest BCUT2D eigenvalue weighted by atomic mass is 32.1. The zero-order chi connectivity index (χ0) is 19.6. The van der Waals surface area contributed by atoms with Gasteiger partial charge in [0.2, 0.25) is 5.75 Å². The summed E-state index contributed by atoms with van der Waals surface area (Å²) in [6, 6.07) is 3.47. The maximum absolute atomic E-state index is 12.7. The fraction of sp³-hybridized carbons (Fsp3) is 0.500. The maximum atomic E-state index is 12.7. The number of rotatable bonds is 6. The standard InChI is InChI=1S/C20H26N2O4S/c1-5-9-26-19-15(24-3)10-12(11-16(19)25-4)18-17-13(7-6-8-14(17)23)22(2)20(27)21-18/h10-11,18H,5-9H2,1-4H3,(H,21,27). The predicted octanol–water partition coefficient (Wildman–Crippen LogP) is 3.36. The van der Waals surface area contributed by atoms with Gasteiger partial charge in [0.25, 0.3) is 0 Å². The summed E-state index contributed by atoms with van der Waals surface area (Å²) in [6.45, 7) is 2.61. The van der Waals surface area contributed by atoms with Gasteiger partial charge in [-0.1, -0.05) is 6.92 Å². The van der Waals surface area contributed by atoms with Gasteiger partial charge in [-0.25, -0.2) is 0 Å². The molecule has 0 fully saturated rings. The number of carbonyl (C=O) groups excluding carboxylic acids is 1. The van der Waals surface area contributed by atoms with E-state index in [2.05, 4.69) is 5.32 Å². The number of hydrogen-bond donors (Lipinski definition) is 1. The molecule has 1 aliphatic carbocycles. The zero-order valence-corrected chi connectivity index (χ0v) is 17.1. The van der Waals surface area contributed by atoms with E-state index in [0.717, 1.165) is 36.1 Å². The highest BCUT2D eigenvalue weighted by Crippen LogP contribution is 2.43. The third-order valence-corrected chi connectivity index (χ3v) is 5.35. The number of benzene rings is 1. The van der Waals surface area contributed by atoms with Crippen molar-refractivity contribution in [3.8, 4) is 17.2 Å². The third kappa shape index (κ3) is 3.60. The Morgan fingerprint density at radius 1 is 1.22 bits per heavy atom. The lowest BCUT2D eigenvalue weighted by atomic mass is 9.85. The molecule has 1 heterocycles. The summed E-state index contributed by atoms with van der Waals surface area (Å²) in [6.07, 6.45) is 3.14. The van der Waals surface area contributed by atoms with Crippen molar-refractivity contribution in [2.45, 2.75) is 38.6 Å². The first-order valence-corrected chi connectivity index (χ1v) is 9.61. The lowest BCUT2D eigenvalue weighted by molar-refractivity contribution is -0.116. The molecule has 0 spiro atoms. The Morgan fingerprint density at radius 3 is 2.48 bits per heavy atom. The first kappa shape index (κ1) is 19.5. The Morgan fingerprint density at radius 2 is 1.89 bits per heavy atom. The van der Waals surface area contributed by atoms with Crippen molar-refractivity contribution in [2.75, 3.05) is 27.9 Å². The second kappa shape index (κ2) is 8.17. The van der Waals surface area contributed by atoms with Crippen LogP contribution < -0.4 is 19.5 Å². The molecule has 2 aliphatic rings. The Bertz CT molecular complexity index is 765. The number of allylic oxidation sites excluding steroid dienone is 1. The van der Waals surface area contributed by atoms with Gasteiger partial charge in [0.1, 0.15) is 0 Å². The van der Waals surface area contributed by atoms with Gasteiger partial charge < -0.3 is 24.4 Å². The second-order valence-electron chi connectivity index (χ2n) is 6.68. The fourth-order valence-corrected chi connectivity index (χ4v) is 3.83. The number of thiocarbonyl (C=S) groups is 1. The van der Waals surface area contributed by atoms with Crippen LogP contribution in [0.2, 0.25) is 0 Å². The van der Waals surface area contributed by atoms with Crippen molar-refractivity contribution >= 4 is 23.1 Å². The monoisotopic (exact) mass is 390 g/mol. The number of Topliss-reactive ketones (excluding diaryl/α,β-unsaturated/α-hetero) is 1. The van der Waals surface area contributed by atoms with Gasteiger partial charge in [0.05, 0.1) is 26.9 Å². The lowest BCUT2D eigenvalue weighted by Gasteiger charge is -2.39.